The normalized spacial score (nSPS) is 36.6. The van der Waals surface area contributed by atoms with E-state index in [1.165, 1.54) is 13.8 Å². The molecule has 3 aliphatic carbocycles. The summed E-state index contributed by atoms with van der Waals surface area (Å²) in [5.41, 5.74) is 0.499. The highest BCUT2D eigenvalue weighted by atomic mass is 16.6. The topological polar surface area (TPSA) is 203 Å². The van der Waals surface area contributed by atoms with E-state index in [4.69, 9.17) is 19.9 Å². The van der Waals surface area contributed by atoms with E-state index in [9.17, 15) is 39.6 Å². The van der Waals surface area contributed by atoms with Crippen LogP contribution in [-0.4, -0.2) is 92.3 Å². The molecule has 6 N–H and O–H groups in total. The summed E-state index contributed by atoms with van der Waals surface area (Å²) >= 11 is 0. The van der Waals surface area contributed by atoms with E-state index in [1.54, 1.807) is 81.4 Å². The summed E-state index contributed by atoms with van der Waals surface area (Å²) in [5, 5.41) is 48.3. The van der Waals surface area contributed by atoms with E-state index in [1.807, 2.05) is 0 Å². The molecule has 12 heteroatoms. The monoisotopic (exact) mass is 705 g/mol. The van der Waals surface area contributed by atoms with E-state index in [2.05, 4.69) is 0 Å². The number of hydrogen-bond acceptors (Lipinski definition) is 12. The number of aliphatic hydroxyl groups excluding tert-OH is 3. The highest BCUT2D eigenvalue weighted by Crippen LogP contribution is 2.66. The first-order valence-corrected chi connectivity index (χ1v) is 17.3. The third-order valence-corrected chi connectivity index (χ3v) is 12.4. The van der Waals surface area contributed by atoms with Crippen LogP contribution in [0.15, 0.2) is 71.8 Å². The van der Waals surface area contributed by atoms with E-state index in [0.717, 1.165) is 0 Å². The molecule has 0 aromatic heterocycles. The van der Waals surface area contributed by atoms with Gasteiger partial charge in [0.1, 0.15) is 18.3 Å². The maximum atomic E-state index is 14.8. The Hall–Kier alpha value is -3.78. The molecule has 12 nitrogen and oxygen atoms in total. The molecule has 1 saturated heterocycles. The fourth-order valence-electron chi connectivity index (χ4n) is 9.62. The summed E-state index contributed by atoms with van der Waals surface area (Å²) in [5.74, 6) is -5.44. The van der Waals surface area contributed by atoms with Gasteiger partial charge in [-0.15, -0.1) is 0 Å². The van der Waals surface area contributed by atoms with Crippen molar-refractivity contribution in [3.8, 4) is 0 Å². The number of nitrogens with two attached hydrogens (primary N) is 1. The molecule has 3 fully saturated rings. The highest BCUT2D eigenvalue weighted by molar-refractivity contribution is 5.97. The van der Waals surface area contributed by atoms with Gasteiger partial charge in [0.05, 0.1) is 29.8 Å². The van der Waals surface area contributed by atoms with E-state index < -0.39 is 88.2 Å². The second-order valence-corrected chi connectivity index (χ2v) is 15.4. The highest BCUT2D eigenvalue weighted by Gasteiger charge is 2.76. The Morgan fingerprint density at radius 1 is 1.02 bits per heavy atom. The molecule has 4 aliphatic rings. The number of fused-ring (bicyclic) bond motifs is 5. The zero-order valence-electron chi connectivity index (χ0n) is 29.4. The number of ketones is 2. The summed E-state index contributed by atoms with van der Waals surface area (Å²) in [6, 6.07) is 15.7. The van der Waals surface area contributed by atoms with Gasteiger partial charge in [-0.25, -0.2) is 4.79 Å². The number of rotatable bonds is 8. The molecule has 0 radical (unpaired) electrons. The number of aliphatic hydroxyl groups is 4. The molecular weight excluding hydrogens is 658 g/mol. The maximum Gasteiger partial charge on any atom is 0.337 e. The Bertz CT molecular complexity index is 1740. The number of carbonyl (C=O) groups excluding carboxylic acids is 4. The van der Waals surface area contributed by atoms with Crippen LogP contribution in [0.2, 0.25) is 0 Å². The van der Waals surface area contributed by atoms with Crippen LogP contribution in [0.5, 0.6) is 0 Å². The van der Waals surface area contributed by atoms with Gasteiger partial charge in [0.15, 0.2) is 23.3 Å². The third kappa shape index (κ3) is 5.58. The predicted molar refractivity (Wildman–Crippen MR) is 182 cm³/mol. The quantitative estimate of drug-likeness (QED) is 0.153. The molecule has 2 aromatic carbocycles. The second kappa shape index (κ2) is 13.0. The average molecular weight is 706 g/mol. The first-order valence-electron chi connectivity index (χ1n) is 17.3. The molecule has 274 valence electrons. The van der Waals surface area contributed by atoms with Crippen LogP contribution >= 0.6 is 0 Å². The number of ether oxygens (including phenoxy) is 3. The zero-order valence-corrected chi connectivity index (χ0v) is 29.4. The van der Waals surface area contributed by atoms with Gasteiger partial charge in [0.2, 0.25) is 0 Å². The summed E-state index contributed by atoms with van der Waals surface area (Å²) < 4.78 is 17.8. The van der Waals surface area contributed by atoms with Crippen LogP contribution in [0.3, 0.4) is 0 Å². The van der Waals surface area contributed by atoms with E-state index >= 15 is 0 Å². The van der Waals surface area contributed by atoms with Crippen molar-refractivity contribution in [1.29, 1.82) is 0 Å². The van der Waals surface area contributed by atoms with Gasteiger partial charge in [0, 0.05) is 49.0 Å². The molecule has 1 heterocycles. The van der Waals surface area contributed by atoms with Crippen molar-refractivity contribution in [3.05, 3.63) is 82.9 Å². The fourth-order valence-corrected chi connectivity index (χ4v) is 9.62. The van der Waals surface area contributed by atoms with Gasteiger partial charge in [-0.05, 0) is 30.6 Å². The number of carbonyl (C=O) groups is 4. The molecule has 1 unspecified atom stereocenters. The van der Waals surface area contributed by atoms with Gasteiger partial charge in [-0.3, -0.25) is 14.4 Å². The fraction of sp³-hybridized carbons (Fsp3) is 0.538. The molecule has 11 atom stereocenters. The lowest BCUT2D eigenvalue weighted by molar-refractivity contribution is -0.339. The first-order chi connectivity index (χ1) is 23.9. The minimum atomic E-state index is -2.05. The van der Waals surface area contributed by atoms with E-state index in [-0.39, 0.29) is 42.8 Å². The number of Topliss-reactive ketones (excluding diaryl/α,β-unsaturated/α-hetero) is 2. The Balaban J connectivity index is 1.53. The van der Waals surface area contributed by atoms with Gasteiger partial charge in [-0.2, -0.15) is 0 Å². The van der Waals surface area contributed by atoms with Crippen LogP contribution in [0.4, 0.5) is 0 Å². The molecule has 6 rings (SSSR count). The van der Waals surface area contributed by atoms with Crippen LogP contribution in [-0.2, 0) is 28.6 Å². The molecule has 0 amide bonds. The molecule has 2 saturated carbocycles. The molecular formula is C39H47NO11. The lowest BCUT2D eigenvalue weighted by Gasteiger charge is -2.68. The Labute approximate surface area is 296 Å². The number of esters is 2. The lowest BCUT2D eigenvalue weighted by atomic mass is 9.42. The summed E-state index contributed by atoms with van der Waals surface area (Å²) in [6.45, 7) is 7.39. The van der Waals surface area contributed by atoms with Crippen molar-refractivity contribution in [3.63, 3.8) is 0 Å². The first kappa shape index (κ1) is 37.0. The van der Waals surface area contributed by atoms with Crippen molar-refractivity contribution >= 4 is 23.5 Å². The third-order valence-electron chi connectivity index (χ3n) is 12.4. The lowest BCUT2D eigenvalue weighted by Crippen LogP contribution is -2.80. The van der Waals surface area contributed by atoms with Crippen molar-refractivity contribution in [2.45, 2.75) is 102 Å². The smallest absolute Gasteiger partial charge is 0.337 e. The molecule has 2 bridgehead atoms. The summed E-state index contributed by atoms with van der Waals surface area (Å²) in [7, 11) is 0. The minimum Gasteiger partial charge on any atom is -0.456 e. The van der Waals surface area contributed by atoms with Gasteiger partial charge < -0.3 is 40.4 Å². The average Bonchev–Trinajstić information content (AvgIpc) is 3.09. The van der Waals surface area contributed by atoms with Crippen LogP contribution in [0.1, 0.15) is 75.8 Å². The van der Waals surface area contributed by atoms with Crippen molar-refractivity contribution in [2.24, 2.45) is 28.4 Å². The predicted octanol–water partition coefficient (Wildman–Crippen LogP) is 2.36. The van der Waals surface area contributed by atoms with Crippen LogP contribution in [0.25, 0.3) is 0 Å². The number of benzene rings is 2. The molecule has 1 aliphatic heterocycles. The SMILES string of the molecule is CC(=O)O[C@@]12CO[C@@H]1C[C@H](O)[C@@]1(C)C(=O)[C@H](O)C3=C(C)[C@@H](OC(=O)[C@H](O)[C@@H](N)c4ccccc4)C[C@@](O)([C@@H](CC(=O)c4ccccc4)C12)C3(C)C. The van der Waals surface area contributed by atoms with Crippen molar-refractivity contribution in [1.82, 2.24) is 0 Å². The minimum absolute atomic E-state index is 0.0680. The summed E-state index contributed by atoms with van der Waals surface area (Å²) in [4.78, 5) is 55.3. The number of hydrogen-bond donors (Lipinski definition) is 5. The molecule has 2 aromatic rings. The standard InChI is InChI=1S/C39H47NO11/c1-20-26(50-35(47)32(45)30(40)23-14-10-7-11-15-23)18-39(48)24(16-25(42)22-12-8-6-9-13-22)33-37(5,34(46)31(44)29(20)36(39,3)4)27(43)17-28-38(33,19-49-28)51-21(2)41/h6-15,24,26-28,30-33,43-45,48H,16-19,40H2,1-5H3/t24-,26-,27-,28+,30-,31+,32+,33?,37+,38-,39+/m0/s1. The maximum absolute atomic E-state index is 14.8. The Kier molecular flexibility index (Phi) is 9.44. The van der Waals surface area contributed by atoms with Gasteiger partial charge in [-0.1, -0.05) is 74.5 Å². The molecule has 0 spiro atoms. The molecule has 51 heavy (non-hydrogen) atoms. The van der Waals surface area contributed by atoms with Crippen molar-refractivity contribution in [2.75, 3.05) is 6.61 Å². The second-order valence-electron chi connectivity index (χ2n) is 15.4. The van der Waals surface area contributed by atoms with E-state index in [0.29, 0.717) is 11.1 Å². The Morgan fingerprint density at radius 3 is 2.20 bits per heavy atom. The largest absolute Gasteiger partial charge is 0.456 e. The van der Waals surface area contributed by atoms with Crippen molar-refractivity contribution < 1.29 is 53.8 Å². The van der Waals surface area contributed by atoms with Gasteiger partial charge in [0.25, 0.3) is 0 Å². The summed E-state index contributed by atoms with van der Waals surface area (Å²) in [6.07, 6.45) is -8.07. The Morgan fingerprint density at radius 2 is 1.63 bits per heavy atom. The van der Waals surface area contributed by atoms with Crippen LogP contribution < -0.4 is 5.73 Å². The van der Waals surface area contributed by atoms with Crippen LogP contribution in [0, 0.1) is 22.7 Å². The zero-order chi connectivity index (χ0) is 37.3. The van der Waals surface area contributed by atoms with Gasteiger partial charge >= 0.3 is 11.9 Å².